The van der Waals surface area contributed by atoms with Gasteiger partial charge in [-0.25, -0.2) is 0 Å². The van der Waals surface area contributed by atoms with Crippen LogP contribution in [0, 0.1) is 0 Å². The Morgan fingerprint density at radius 1 is 1.21 bits per heavy atom. The van der Waals surface area contributed by atoms with E-state index < -0.39 is 17.3 Å². The van der Waals surface area contributed by atoms with Gasteiger partial charge in [0.05, 0.1) is 18.2 Å². The van der Waals surface area contributed by atoms with E-state index in [2.05, 4.69) is 20.8 Å². The minimum atomic E-state index is -4.50. The summed E-state index contributed by atoms with van der Waals surface area (Å²) in [6.07, 6.45) is -0.315. The molecular weight excluding hydrogens is 387 g/mol. The number of fused-ring (bicyclic) bond motifs is 2. The normalized spacial score (nSPS) is 23.8. The average molecular weight is 409 g/mol. The quantitative estimate of drug-likeness (QED) is 0.808. The number of alkyl halides is 3. The lowest BCUT2D eigenvalue weighted by molar-refractivity contribution is -0.137. The summed E-state index contributed by atoms with van der Waals surface area (Å²) in [6, 6.07) is 4.01. The molecule has 2 bridgehead atoms. The fourth-order valence-corrected chi connectivity index (χ4v) is 4.17. The number of methoxy groups -OCH3 is 1. The van der Waals surface area contributed by atoms with Crippen LogP contribution in [0.4, 0.5) is 19.0 Å². The highest BCUT2D eigenvalue weighted by Crippen LogP contribution is 2.36. The molecule has 4 rings (SSSR count). The molecule has 0 spiro atoms. The zero-order chi connectivity index (χ0) is 20.8. The number of ether oxygens (including phenoxy) is 1. The zero-order valence-corrected chi connectivity index (χ0v) is 16.1. The van der Waals surface area contributed by atoms with E-state index in [1.807, 2.05) is 0 Å². The molecule has 7 nitrogen and oxygen atoms in total. The van der Waals surface area contributed by atoms with E-state index in [-0.39, 0.29) is 29.0 Å². The van der Waals surface area contributed by atoms with Crippen LogP contribution in [-0.4, -0.2) is 40.0 Å². The highest BCUT2D eigenvalue weighted by molar-refractivity contribution is 5.65. The molecule has 2 fully saturated rings. The smallest absolute Gasteiger partial charge is 0.416 e. The molecule has 156 valence electrons. The first kappa shape index (κ1) is 19.7. The number of hydrogen-bond acceptors (Lipinski definition) is 6. The Labute approximate surface area is 165 Å². The Morgan fingerprint density at radius 2 is 1.97 bits per heavy atom. The van der Waals surface area contributed by atoms with Crippen LogP contribution in [0.25, 0.3) is 11.4 Å². The maximum Gasteiger partial charge on any atom is 0.416 e. The molecule has 1 aromatic heterocycles. The first-order valence-corrected chi connectivity index (χ1v) is 9.50. The number of hydrogen-bond donors (Lipinski definition) is 2. The van der Waals surface area contributed by atoms with Gasteiger partial charge in [0.1, 0.15) is 5.75 Å². The maximum atomic E-state index is 13.0. The predicted octanol–water partition coefficient (Wildman–Crippen LogP) is 2.56. The summed E-state index contributed by atoms with van der Waals surface area (Å²) in [7, 11) is 2.78. The molecule has 0 saturated carbocycles. The average Bonchev–Trinajstić information content (AvgIpc) is 3.08. The van der Waals surface area contributed by atoms with Gasteiger partial charge in [-0.05, 0) is 43.9 Å². The van der Waals surface area contributed by atoms with Gasteiger partial charge in [0.15, 0.2) is 5.82 Å². The molecule has 2 aliphatic heterocycles. The van der Waals surface area contributed by atoms with Crippen LogP contribution in [0.5, 0.6) is 5.75 Å². The lowest BCUT2D eigenvalue weighted by Gasteiger charge is -2.30. The minimum absolute atomic E-state index is 0.0293. The van der Waals surface area contributed by atoms with E-state index in [0.717, 1.165) is 37.8 Å². The largest absolute Gasteiger partial charge is 0.496 e. The standard InChI is InChI=1S/C19H22F3N5O2/c1-27-17(12-6-3-10(19(20,21)22)9-15(12)29-2)26-25-16(18(27)28)24-14-8-5-11-4-7-13(14)23-11/h3,6,9,11,13-14,23H,4-5,7-8H2,1-2H3,(H,24,25). The Morgan fingerprint density at radius 3 is 2.69 bits per heavy atom. The lowest BCUT2D eigenvalue weighted by atomic mass is 10.00. The van der Waals surface area contributed by atoms with E-state index in [9.17, 15) is 18.0 Å². The summed E-state index contributed by atoms with van der Waals surface area (Å²) in [6.45, 7) is 0. The van der Waals surface area contributed by atoms with E-state index in [4.69, 9.17) is 4.74 Å². The molecule has 3 heterocycles. The molecule has 0 radical (unpaired) electrons. The van der Waals surface area contributed by atoms with Crippen molar-refractivity contribution in [2.45, 2.75) is 50.0 Å². The molecule has 2 aromatic rings. The van der Waals surface area contributed by atoms with Crippen molar-refractivity contribution >= 4 is 5.82 Å². The molecule has 2 N–H and O–H groups in total. The summed E-state index contributed by atoms with van der Waals surface area (Å²) >= 11 is 0. The van der Waals surface area contributed by atoms with Crippen molar-refractivity contribution in [1.82, 2.24) is 20.1 Å². The van der Waals surface area contributed by atoms with Gasteiger partial charge in [-0.2, -0.15) is 13.2 Å². The van der Waals surface area contributed by atoms with Gasteiger partial charge in [-0.15, -0.1) is 10.2 Å². The van der Waals surface area contributed by atoms with E-state index in [1.54, 1.807) is 0 Å². The van der Waals surface area contributed by atoms with Gasteiger partial charge in [0, 0.05) is 25.2 Å². The number of piperidine rings is 1. The molecule has 0 aliphatic carbocycles. The molecule has 2 saturated heterocycles. The van der Waals surface area contributed by atoms with Gasteiger partial charge in [0.25, 0.3) is 5.56 Å². The Bertz CT molecular complexity index is 975. The third-order valence-corrected chi connectivity index (χ3v) is 5.75. The summed E-state index contributed by atoms with van der Waals surface area (Å²) < 4.78 is 45.3. The number of halogens is 3. The topological polar surface area (TPSA) is 81.1 Å². The van der Waals surface area contributed by atoms with Crippen LogP contribution in [0.2, 0.25) is 0 Å². The highest BCUT2D eigenvalue weighted by Gasteiger charge is 2.36. The van der Waals surface area contributed by atoms with E-state index >= 15 is 0 Å². The number of aromatic nitrogens is 3. The second-order valence-corrected chi connectivity index (χ2v) is 7.52. The third-order valence-electron chi connectivity index (χ3n) is 5.75. The Kier molecular flexibility index (Phi) is 4.97. The summed E-state index contributed by atoms with van der Waals surface area (Å²) in [5, 5.41) is 14.9. The van der Waals surface area contributed by atoms with Crippen molar-refractivity contribution in [2.75, 3.05) is 12.4 Å². The van der Waals surface area contributed by atoms with Crippen LogP contribution >= 0.6 is 0 Å². The molecule has 29 heavy (non-hydrogen) atoms. The van der Waals surface area contributed by atoms with Crippen LogP contribution in [0.15, 0.2) is 23.0 Å². The summed E-state index contributed by atoms with van der Waals surface area (Å²) in [5.41, 5.74) is -0.969. The van der Waals surface area contributed by atoms with Gasteiger partial charge >= 0.3 is 6.18 Å². The molecule has 10 heteroatoms. The van der Waals surface area contributed by atoms with E-state index in [1.165, 1.54) is 24.8 Å². The Balaban J connectivity index is 1.65. The fourth-order valence-electron chi connectivity index (χ4n) is 4.17. The first-order chi connectivity index (χ1) is 13.8. The predicted molar refractivity (Wildman–Crippen MR) is 101 cm³/mol. The first-order valence-electron chi connectivity index (χ1n) is 9.50. The fraction of sp³-hybridized carbons (Fsp3) is 0.526. The number of anilines is 1. The molecule has 0 amide bonds. The molecule has 3 unspecified atom stereocenters. The van der Waals surface area contributed by atoms with Crippen molar-refractivity contribution in [1.29, 1.82) is 0 Å². The van der Waals surface area contributed by atoms with Gasteiger partial charge in [-0.1, -0.05) is 0 Å². The second kappa shape index (κ2) is 7.33. The molecular formula is C19H22F3N5O2. The van der Waals surface area contributed by atoms with Crippen LogP contribution in [0.1, 0.15) is 31.2 Å². The second-order valence-electron chi connectivity index (χ2n) is 7.52. The van der Waals surface area contributed by atoms with Crippen molar-refractivity contribution in [3.05, 3.63) is 34.1 Å². The zero-order valence-electron chi connectivity index (χ0n) is 16.1. The molecule has 2 aliphatic rings. The van der Waals surface area contributed by atoms with E-state index in [0.29, 0.717) is 12.1 Å². The van der Waals surface area contributed by atoms with Crippen LogP contribution in [0.3, 0.4) is 0 Å². The summed E-state index contributed by atoms with van der Waals surface area (Å²) in [4.78, 5) is 12.8. The third kappa shape index (κ3) is 3.68. The van der Waals surface area contributed by atoms with Crippen molar-refractivity contribution in [3.8, 4) is 17.1 Å². The van der Waals surface area contributed by atoms with Crippen molar-refractivity contribution < 1.29 is 17.9 Å². The van der Waals surface area contributed by atoms with Crippen molar-refractivity contribution in [3.63, 3.8) is 0 Å². The van der Waals surface area contributed by atoms with Crippen LogP contribution < -0.4 is 20.9 Å². The van der Waals surface area contributed by atoms with Gasteiger partial charge in [0.2, 0.25) is 5.82 Å². The minimum Gasteiger partial charge on any atom is -0.496 e. The van der Waals surface area contributed by atoms with Crippen LogP contribution in [-0.2, 0) is 13.2 Å². The van der Waals surface area contributed by atoms with Gasteiger partial charge < -0.3 is 15.4 Å². The number of rotatable bonds is 4. The monoisotopic (exact) mass is 409 g/mol. The number of benzene rings is 1. The maximum absolute atomic E-state index is 13.0. The van der Waals surface area contributed by atoms with Crippen molar-refractivity contribution in [2.24, 2.45) is 7.05 Å². The Hall–Kier alpha value is -2.62. The number of nitrogens with one attached hydrogen (secondary N) is 2. The highest BCUT2D eigenvalue weighted by atomic mass is 19.4. The molecule has 3 atom stereocenters. The SMILES string of the molecule is COc1cc(C(F)(F)F)ccc1-c1nnc(NC2CCC3CCC2N3)c(=O)n1C. The van der Waals surface area contributed by atoms with Gasteiger partial charge in [-0.3, -0.25) is 9.36 Å². The molecule has 1 aromatic carbocycles. The number of nitrogens with zero attached hydrogens (tertiary/aromatic N) is 3. The summed E-state index contributed by atoms with van der Waals surface area (Å²) in [5.74, 6) is 0.242. The lowest BCUT2D eigenvalue weighted by Crippen LogP contribution is -2.48.